The molecule has 0 saturated heterocycles. The fraction of sp³-hybridized carbons (Fsp3) is 0.273. The van der Waals surface area contributed by atoms with E-state index in [1.807, 2.05) is 0 Å². The van der Waals surface area contributed by atoms with Crippen LogP contribution in [0.1, 0.15) is 25.5 Å². The Morgan fingerprint density at radius 1 is 1.12 bits per heavy atom. The van der Waals surface area contributed by atoms with Crippen LogP contribution >= 0.6 is 0 Å². The topological polar surface area (TPSA) is 111 Å². The second kappa shape index (κ2) is 8.36. The lowest BCUT2D eigenvalue weighted by Gasteiger charge is -2.31. The number of aromatic nitrogens is 1. The zero-order chi connectivity index (χ0) is 24.8. The van der Waals surface area contributed by atoms with Gasteiger partial charge in [-0.1, -0.05) is 12.1 Å². The molecule has 0 radical (unpaired) electrons. The molecule has 0 spiro atoms. The van der Waals surface area contributed by atoms with Gasteiger partial charge in [0, 0.05) is 0 Å². The first-order valence-electron chi connectivity index (χ1n) is 10.1. The molecule has 9 nitrogen and oxygen atoms in total. The van der Waals surface area contributed by atoms with Crippen LogP contribution in [0.15, 0.2) is 51.7 Å². The summed E-state index contributed by atoms with van der Waals surface area (Å²) in [5.74, 6) is -3.22. The fourth-order valence-corrected chi connectivity index (χ4v) is 3.66. The molecule has 0 saturated carbocycles. The van der Waals surface area contributed by atoms with Gasteiger partial charge in [0.25, 0.3) is 5.91 Å². The first kappa shape index (κ1) is 23.1. The van der Waals surface area contributed by atoms with Crippen molar-refractivity contribution in [2.45, 2.75) is 32.2 Å². The Labute approximate surface area is 189 Å². The smallest absolute Gasteiger partial charge is 0.420 e. The van der Waals surface area contributed by atoms with Gasteiger partial charge in [0.15, 0.2) is 11.7 Å². The number of nitrogens with one attached hydrogen (secondary N) is 1. The number of carbonyl (C=O) groups excluding carboxylic acids is 3. The number of fused-ring (bicyclic) bond motifs is 2. The molecule has 3 aromatic rings. The van der Waals surface area contributed by atoms with E-state index >= 15 is 0 Å². The first-order valence-corrected chi connectivity index (χ1v) is 10.1. The van der Waals surface area contributed by atoms with E-state index in [0.717, 1.165) is 27.7 Å². The predicted octanol–water partition coefficient (Wildman–Crippen LogP) is 3.09. The fourth-order valence-electron chi connectivity index (χ4n) is 3.66. The Bertz CT molecular complexity index is 1360. The van der Waals surface area contributed by atoms with Crippen molar-refractivity contribution in [3.05, 3.63) is 58.6 Å². The third-order valence-corrected chi connectivity index (χ3v) is 5.34. The number of para-hydroxylation sites is 2. The summed E-state index contributed by atoms with van der Waals surface area (Å²) in [4.78, 5) is 50.9. The largest absolute Gasteiger partial charge is 0.451 e. The highest BCUT2D eigenvalue weighted by molar-refractivity contribution is 6.11. The Morgan fingerprint density at radius 2 is 1.82 bits per heavy atom. The summed E-state index contributed by atoms with van der Waals surface area (Å²) in [6, 6.07) is 7.87. The van der Waals surface area contributed by atoms with Gasteiger partial charge in [0.1, 0.15) is 12.6 Å². The number of benzene rings is 2. The van der Waals surface area contributed by atoms with Crippen LogP contribution in [0.25, 0.3) is 11.1 Å². The number of halogens is 3. The first-order chi connectivity index (χ1) is 16.0. The van der Waals surface area contributed by atoms with Crippen LogP contribution < -0.4 is 16.0 Å². The number of ether oxygens (including phenoxy) is 1. The van der Waals surface area contributed by atoms with E-state index in [2.05, 4.69) is 5.32 Å². The van der Waals surface area contributed by atoms with E-state index in [0.29, 0.717) is 5.52 Å². The van der Waals surface area contributed by atoms with Gasteiger partial charge >= 0.3 is 17.9 Å². The highest BCUT2D eigenvalue weighted by Gasteiger charge is 2.36. The van der Waals surface area contributed by atoms with Gasteiger partial charge in [-0.25, -0.2) is 9.59 Å². The maximum Gasteiger partial charge on any atom is 0.420 e. The number of hydrogen-bond donors (Lipinski definition) is 1. The van der Waals surface area contributed by atoms with Crippen LogP contribution in [0.2, 0.25) is 0 Å². The van der Waals surface area contributed by atoms with Crippen molar-refractivity contribution in [2.75, 3.05) is 16.8 Å². The maximum atomic E-state index is 13.0. The van der Waals surface area contributed by atoms with Crippen LogP contribution in [0.5, 0.6) is 0 Å². The number of nitrogens with zero attached hydrogens (tertiary/aromatic N) is 2. The normalized spacial score (nSPS) is 15.4. The van der Waals surface area contributed by atoms with Crippen molar-refractivity contribution < 1.29 is 36.7 Å². The number of rotatable bonds is 4. The molecule has 2 amide bonds. The van der Waals surface area contributed by atoms with Crippen molar-refractivity contribution in [3.63, 3.8) is 0 Å². The SMILES string of the molecule is C[C@H](OC(=O)[C@@H](C)n1c(=O)oc2ccccc21)C(=O)N1CC(=O)Nc2cc(C(F)(F)F)ccc21. The van der Waals surface area contributed by atoms with E-state index in [4.69, 9.17) is 9.15 Å². The molecule has 178 valence electrons. The Balaban J connectivity index is 1.55. The molecule has 1 N–H and O–H groups in total. The molecular weight excluding hydrogens is 459 g/mol. The molecule has 12 heteroatoms. The van der Waals surface area contributed by atoms with Crippen molar-refractivity contribution in [1.82, 2.24) is 4.57 Å². The maximum absolute atomic E-state index is 13.0. The lowest BCUT2D eigenvalue weighted by atomic mass is 10.1. The summed E-state index contributed by atoms with van der Waals surface area (Å²) in [7, 11) is 0. The van der Waals surface area contributed by atoms with Crippen LogP contribution in [0, 0.1) is 0 Å². The highest BCUT2D eigenvalue weighted by Crippen LogP contribution is 2.37. The second-order valence-electron chi connectivity index (χ2n) is 7.66. The number of alkyl halides is 3. The van der Waals surface area contributed by atoms with Gasteiger partial charge < -0.3 is 14.5 Å². The third kappa shape index (κ3) is 4.14. The molecule has 0 unspecified atom stereocenters. The molecule has 1 aromatic heterocycles. The average Bonchev–Trinajstić information content (AvgIpc) is 3.11. The van der Waals surface area contributed by atoms with Gasteiger partial charge in [-0.2, -0.15) is 13.2 Å². The van der Waals surface area contributed by atoms with E-state index in [1.165, 1.54) is 13.8 Å². The molecule has 2 atom stereocenters. The second-order valence-corrected chi connectivity index (χ2v) is 7.66. The Morgan fingerprint density at radius 3 is 2.53 bits per heavy atom. The van der Waals surface area contributed by atoms with Crippen molar-refractivity contribution in [1.29, 1.82) is 0 Å². The van der Waals surface area contributed by atoms with Crippen molar-refractivity contribution in [3.8, 4) is 0 Å². The Kier molecular flexibility index (Phi) is 5.67. The van der Waals surface area contributed by atoms with Gasteiger partial charge in [0.05, 0.1) is 22.5 Å². The van der Waals surface area contributed by atoms with Gasteiger partial charge in [-0.3, -0.25) is 19.1 Å². The van der Waals surface area contributed by atoms with Crippen LogP contribution in [0.4, 0.5) is 24.5 Å². The van der Waals surface area contributed by atoms with Gasteiger partial charge in [-0.05, 0) is 44.2 Å². The lowest BCUT2D eigenvalue weighted by Crippen LogP contribution is -2.47. The molecule has 0 fully saturated rings. The van der Waals surface area contributed by atoms with Gasteiger partial charge in [-0.15, -0.1) is 0 Å². The van der Waals surface area contributed by atoms with Crippen molar-refractivity contribution >= 4 is 40.3 Å². The number of hydrogen-bond acceptors (Lipinski definition) is 6. The molecule has 2 aromatic carbocycles. The zero-order valence-electron chi connectivity index (χ0n) is 17.9. The average molecular weight is 477 g/mol. The summed E-state index contributed by atoms with van der Waals surface area (Å²) in [5.41, 5.74) is -0.524. The van der Waals surface area contributed by atoms with Crippen LogP contribution in [-0.4, -0.2) is 35.0 Å². The summed E-state index contributed by atoms with van der Waals surface area (Å²) in [6.45, 7) is 2.19. The molecular formula is C22H18F3N3O6. The number of carbonyl (C=O) groups is 3. The molecule has 4 rings (SSSR count). The van der Waals surface area contributed by atoms with Crippen LogP contribution in [-0.2, 0) is 25.3 Å². The molecule has 0 bridgehead atoms. The van der Waals surface area contributed by atoms with E-state index in [9.17, 15) is 32.3 Å². The zero-order valence-corrected chi connectivity index (χ0v) is 17.9. The van der Waals surface area contributed by atoms with Gasteiger partial charge in [0.2, 0.25) is 5.91 Å². The molecule has 34 heavy (non-hydrogen) atoms. The standard InChI is InChI=1S/C22H18F3N3O6/c1-11(28-16-5-3-4-6-17(16)34-21(28)32)20(31)33-12(2)19(30)27-10-18(29)26-14-9-13(22(23,24)25)7-8-15(14)27/h3-9,11-12H,10H2,1-2H3,(H,26,29)/t11-,12+/m1/s1. The summed E-state index contributed by atoms with van der Waals surface area (Å²) < 4.78 is 50.5. The number of amides is 2. The van der Waals surface area contributed by atoms with E-state index in [-0.39, 0.29) is 17.0 Å². The quantitative estimate of drug-likeness (QED) is 0.579. The summed E-state index contributed by atoms with van der Waals surface area (Å²) in [6.07, 6.45) is -6.04. The van der Waals surface area contributed by atoms with Crippen molar-refractivity contribution in [2.24, 2.45) is 0 Å². The molecule has 2 heterocycles. The minimum atomic E-state index is -4.64. The molecule has 1 aliphatic rings. The summed E-state index contributed by atoms with van der Waals surface area (Å²) in [5, 5.41) is 2.31. The minimum Gasteiger partial charge on any atom is -0.451 e. The van der Waals surface area contributed by atoms with E-state index in [1.54, 1.807) is 24.3 Å². The minimum absolute atomic E-state index is 0.0330. The molecule has 1 aliphatic heterocycles. The Hall–Kier alpha value is -4.09. The number of anilines is 2. The van der Waals surface area contributed by atoms with E-state index < -0.39 is 54.0 Å². The van der Waals surface area contributed by atoms with Crippen LogP contribution in [0.3, 0.4) is 0 Å². The summed E-state index contributed by atoms with van der Waals surface area (Å²) >= 11 is 0. The highest BCUT2D eigenvalue weighted by atomic mass is 19.4. The third-order valence-electron chi connectivity index (χ3n) is 5.34. The number of esters is 1. The molecule has 0 aliphatic carbocycles. The monoisotopic (exact) mass is 477 g/mol. The predicted molar refractivity (Wildman–Crippen MR) is 113 cm³/mol. The number of oxazole rings is 1. The lowest BCUT2D eigenvalue weighted by molar-refractivity contribution is -0.156.